The number of H-pyrrole nitrogens is 2. The first kappa shape index (κ1) is 35.9. The van der Waals surface area contributed by atoms with Crippen molar-refractivity contribution in [3.63, 3.8) is 0 Å². The standard InChI is InChI=1S/C19H20ClFN6O2.C17H19FN6/c1-29-19(28)26-15-5-3-2-4-14(15)25-18-13(21)9-24-17(27-18)12-8-23-16-11(12)6-10(20)7-22-16;18-12-9-22-16(11-8-21-15-10(11)4-3-7-20-15)24-17(12)23-14-6-2-1-5-13(14)19/h6-9,14-15H,2-5H2,1H3,(H,22,23)(H,26,28)(H,24,25,27);3-4,7-9,13-14H,1-2,5-6,19H2,(H,20,21)(H,22,23,24). The first-order valence-electron chi connectivity index (χ1n) is 17.5. The van der Waals surface area contributed by atoms with Gasteiger partial charge in [-0.2, -0.15) is 0 Å². The highest BCUT2D eigenvalue weighted by Gasteiger charge is 2.28. The minimum Gasteiger partial charge on any atom is -0.453 e. The number of nitrogens with two attached hydrogens (primary N) is 1. The van der Waals surface area contributed by atoms with Crippen molar-refractivity contribution < 1.29 is 18.3 Å². The van der Waals surface area contributed by atoms with Gasteiger partial charge in [-0.3, -0.25) is 0 Å². The van der Waals surface area contributed by atoms with Crippen molar-refractivity contribution in [2.45, 2.75) is 75.5 Å². The van der Waals surface area contributed by atoms with Crippen LogP contribution in [0.5, 0.6) is 0 Å². The second-order valence-electron chi connectivity index (χ2n) is 13.1. The van der Waals surface area contributed by atoms with Gasteiger partial charge in [0, 0.05) is 64.8 Å². The SMILES string of the molecule is COC(=O)NC1CCCCC1Nc1nc(-c2c[nH]c3ncc(Cl)cc23)ncc1F.NC1CCCCC1Nc1nc(-c2c[nH]c3ncccc23)ncc1F. The zero-order chi connectivity index (χ0) is 36.9. The topological polar surface area (TPSA) is 197 Å². The summed E-state index contributed by atoms with van der Waals surface area (Å²) in [6, 6.07) is 5.26. The number of anilines is 2. The van der Waals surface area contributed by atoms with Crippen molar-refractivity contribution in [2.24, 2.45) is 5.73 Å². The van der Waals surface area contributed by atoms with Gasteiger partial charge in [0.1, 0.15) is 11.3 Å². The summed E-state index contributed by atoms with van der Waals surface area (Å²) in [5.74, 6) is 0.0742. The minimum absolute atomic E-state index is 0.0221. The molecule has 2 saturated carbocycles. The van der Waals surface area contributed by atoms with Gasteiger partial charge in [-0.25, -0.2) is 43.5 Å². The number of ether oxygens (including phenoxy) is 1. The highest BCUT2D eigenvalue weighted by atomic mass is 35.5. The monoisotopic (exact) mass is 744 g/mol. The molecule has 8 rings (SSSR count). The Bertz CT molecular complexity index is 2210. The van der Waals surface area contributed by atoms with Crippen LogP contribution in [0, 0.1) is 11.6 Å². The largest absolute Gasteiger partial charge is 0.453 e. The number of nitrogens with one attached hydrogen (secondary N) is 5. The third-order valence-corrected chi connectivity index (χ3v) is 9.84. The van der Waals surface area contributed by atoms with Gasteiger partial charge < -0.3 is 36.4 Å². The maximum atomic E-state index is 14.5. The maximum Gasteiger partial charge on any atom is 0.407 e. The van der Waals surface area contributed by atoms with E-state index in [1.54, 1.807) is 30.9 Å². The van der Waals surface area contributed by atoms with E-state index in [-0.39, 0.29) is 35.8 Å². The van der Waals surface area contributed by atoms with E-state index in [1.165, 1.54) is 13.3 Å². The van der Waals surface area contributed by atoms with E-state index in [0.717, 1.165) is 79.5 Å². The molecule has 7 N–H and O–H groups in total. The first-order chi connectivity index (χ1) is 25.8. The number of pyridine rings is 2. The Morgan fingerprint density at radius 2 is 1.40 bits per heavy atom. The highest BCUT2D eigenvalue weighted by Crippen LogP contribution is 2.30. The summed E-state index contributed by atoms with van der Waals surface area (Å²) in [4.78, 5) is 43.3. The Morgan fingerprint density at radius 3 is 2.06 bits per heavy atom. The summed E-state index contributed by atoms with van der Waals surface area (Å²) in [5, 5.41) is 11.3. The van der Waals surface area contributed by atoms with Crippen molar-refractivity contribution in [2.75, 3.05) is 17.7 Å². The number of aromatic amines is 2. The molecule has 276 valence electrons. The van der Waals surface area contributed by atoms with Crippen LogP contribution in [0.1, 0.15) is 51.4 Å². The lowest BCUT2D eigenvalue weighted by Crippen LogP contribution is -2.48. The number of hydrogen-bond acceptors (Lipinski definition) is 11. The Kier molecular flexibility index (Phi) is 10.9. The molecule has 0 saturated heterocycles. The van der Waals surface area contributed by atoms with E-state index in [4.69, 9.17) is 22.1 Å². The summed E-state index contributed by atoms with van der Waals surface area (Å²) >= 11 is 6.06. The van der Waals surface area contributed by atoms with E-state index < -0.39 is 17.7 Å². The van der Waals surface area contributed by atoms with Crippen molar-refractivity contribution >= 4 is 51.4 Å². The van der Waals surface area contributed by atoms with Crippen molar-refractivity contribution in [1.29, 1.82) is 0 Å². The molecule has 0 aromatic carbocycles. The molecule has 0 spiro atoms. The molecule has 6 aromatic rings. The summed E-state index contributed by atoms with van der Waals surface area (Å²) in [7, 11) is 1.32. The van der Waals surface area contributed by atoms with Gasteiger partial charge in [-0.1, -0.05) is 37.3 Å². The molecule has 17 heteroatoms. The van der Waals surface area contributed by atoms with E-state index in [1.807, 2.05) is 12.1 Å². The summed E-state index contributed by atoms with van der Waals surface area (Å²) < 4.78 is 33.3. The number of nitrogens with zero attached hydrogens (tertiary/aromatic N) is 6. The fourth-order valence-corrected chi connectivity index (χ4v) is 7.03. The van der Waals surface area contributed by atoms with Crippen LogP contribution in [0.25, 0.3) is 44.8 Å². The van der Waals surface area contributed by atoms with Gasteiger partial charge in [-0.05, 0) is 43.9 Å². The molecule has 4 unspecified atom stereocenters. The van der Waals surface area contributed by atoms with Crippen molar-refractivity contribution in [3.05, 3.63) is 72.0 Å². The number of hydrogen-bond donors (Lipinski definition) is 6. The lowest BCUT2D eigenvalue weighted by molar-refractivity contribution is 0.161. The van der Waals surface area contributed by atoms with E-state index >= 15 is 0 Å². The van der Waals surface area contributed by atoms with Gasteiger partial charge in [0.25, 0.3) is 0 Å². The molecule has 0 radical (unpaired) electrons. The average Bonchev–Trinajstić information content (AvgIpc) is 3.80. The summed E-state index contributed by atoms with van der Waals surface area (Å²) in [6.45, 7) is 0. The van der Waals surface area contributed by atoms with E-state index in [0.29, 0.717) is 27.9 Å². The molecular weight excluding hydrogens is 706 g/mol. The molecule has 6 heterocycles. The molecule has 0 aliphatic heterocycles. The molecule has 14 nitrogen and oxygen atoms in total. The molecule has 2 aliphatic rings. The second kappa shape index (κ2) is 16.0. The molecule has 53 heavy (non-hydrogen) atoms. The van der Waals surface area contributed by atoms with Crippen molar-refractivity contribution in [1.82, 2.24) is 45.2 Å². The minimum atomic E-state index is -0.563. The van der Waals surface area contributed by atoms with Gasteiger partial charge >= 0.3 is 6.09 Å². The number of carbonyl (C=O) groups excluding carboxylic acids is 1. The average molecular weight is 745 g/mol. The normalized spacial score (nSPS) is 20.0. The molecule has 0 bridgehead atoms. The molecule has 2 aliphatic carbocycles. The molecule has 6 aromatic heterocycles. The molecule has 1 amide bonds. The van der Waals surface area contributed by atoms with Crippen LogP contribution in [0.4, 0.5) is 25.2 Å². The lowest BCUT2D eigenvalue weighted by atomic mass is 9.90. The number of fused-ring (bicyclic) bond motifs is 2. The fourth-order valence-electron chi connectivity index (χ4n) is 6.88. The molecular formula is C36H39ClF2N12O2. The van der Waals surface area contributed by atoms with Gasteiger partial charge in [-0.15, -0.1) is 0 Å². The zero-order valence-corrected chi connectivity index (χ0v) is 29.6. The van der Waals surface area contributed by atoms with Gasteiger partial charge in [0.15, 0.2) is 34.9 Å². The first-order valence-corrected chi connectivity index (χ1v) is 17.9. The number of carbonyl (C=O) groups is 1. The highest BCUT2D eigenvalue weighted by molar-refractivity contribution is 6.31. The number of rotatable bonds is 7. The van der Waals surface area contributed by atoms with Crippen LogP contribution in [0.3, 0.4) is 0 Å². The van der Waals surface area contributed by atoms with Crippen LogP contribution < -0.4 is 21.7 Å². The quantitative estimate of drug-likeness (QED) is 0.101. The summed E-state index contributed by atoms with van der Waals surface area (Å²) in [6.07, 6.45) is 16.2. The smallest absolute Gasteiger partial charge is 0.407 e. The van der Waals surface area contributed by atoms with Crippen LogP contribution in [0.2, 0.25) is 5.02 Å². The number of alkyl carbamates (subject to hydrolysis) is 1. The number of amides is 1. The predicted octanol–water partition coefficient (Wildman–Crippen LogP) is 6.73. The van der Waals surface area contributed by atoms with Gasteiger partial charge in [0.05, 0.1) is 30.6 Å². The Morgan fingerprint density at radius 1 is 0.811 bits per heavy atom. The Hall–Kier alpha value is -5.48. The maximum absolute atomic E-state index is 14.5. The second-order valence-corrected chi connectivity index (χ2v) is 13.5. The van der Waals surface area contributed by atoms with Crippen LogP contribution in [0.15, 0.2) is 55.4 Å². The van der Waals surface area contributed by atoms with E-state index in [9.17, 15) is 13.6 Å². The molecule has 2 fully saturated rings. The van der Waals surface area contributed by atoms with Crippen LogP contribution in [-0.2, 0) is 4.74 Å². The lowest BCUT2D eigenvalue weighted by Gasteiger charge is -2.32. The number of methoxy groups -OCH3 is 1. The van der Waals surface area contributed by atoms with Crippen molar-refractivity contribution in [3.8, 4) is 22.8 Å². The number of halogens is 3. The van der Waals surface area contributed by atoms with E-state index in [2.05, 4.69) is 55.8 Å². The fraction of sp³-hybridized carbons (Fsp3) is 0.361. The Balaban J connectivity index is 0.000000167. The third kappa shape index (κ3) is 8.13. The molecule has 4 atom stereocenters. The zero-order valence-electron chi connectivity index (χ0n) is 28.9. The van der Waals surface area contributed by atoms with Crippen LogP contribution in [-0.4, -0.2) is 77.2 Å². The number of aromatic nitrogens is 8. The van der Waals surface area contributed by atoms with Crippen LogP contribution >= 0.6 is 11.6 Å². The Labute approximate surface area is 308 Å². The third-order valence-electron chi connectivity index (χ3n) is 9.64. The van der Waals surface area contributed by atoms with Gasteiger partial charge in [0.2, 0.25) is 0 Å². The summed E-state index contributed by atoms with van der Waals surface area (Å²) in [5.41, 5.74) is 9.01. The predicted molar refractivity (Wildman–Crippen MR) is 198 cm³/mol.